The van der Waals surface area contributed by atoms with Crippen molar-refractivity contribution >= 4 is 11.1 Å². The molecule has 0 fully saturated rings. The number of aliphatic hydroxyl groups excluding tert-OH is 1. The van der Waals surface area contributed by atoms with Crippen molar-refractivity contribution in [1.82, 2.24) is 0 Å². The molecule has 1 nitrogen and oxygen atoms in total. The SMILES string of the molecule is CCC1=C(c2ccccc2)[C@H](O)c2ccccc21. The summed E-state index contributed by atoms with van der Waals surface area (Å²) in [6.07, 6.45) is 0.455. The molecule has 90 valence electrons. The molecule has 0 saturated carbocycles. The second-order valence-corrected chi connectivity index (χ2v) is 4.60. The molecular formula is C17H16O. The van der Waals surface area contributed by atoms with Gasteiger partial charge in [0.2, 0.25) is 0 Å². The summed E-state index contributed by atoms with van der Waals surface area (Å²) in [7, 11) is 0. The lowest BCUT2D eigenvalue weighted by atomic mass is 9.98. The van der Waals surface area contributed by atoms with E-state index in [0.29, 0.717) is 0 Å². The van der Waals surface area contributed by atoms with Gasteiger partial charge in [0.15, 0.2) is 0 Å². The van der Waals surface area contributed by atoms with Crippen molar-refractivity contribution in [3.8, 4) is 0 Å². The van der Waals surface area contributed by atoms with Crippen LogP contribution in [0.25, 0.3) is 11.1 Å². The van der Waals surface area contributed by atoms with Gasteiger partial charge >= 0.3 is 0 Å². The maximum Gasteiger partial charge on any atom is 0.105 e. The minimum Gasteiger partial charge on any atom is -0.384 e. The maximum atomic E-state index is 10.5. The third kappa shape index (κ3) is 1.59. The van der Waals surface area contributed by atoms with Gasteiger partial charge in [0, 0.05) is 0 Å². The Balaban J connectivity index is 2.21. The molecule has 0 radical (unpaired) electrons. The Bertz CT molecular complexity index is 596. The van der Waals surface area contributed by atoms with Gasteiger partial charge in [-0.1, -0.05) is 61.5 Å². The average Bonchev–Trinajstić information content (AvgIpc) is 2.73. The van der Waals surface area contributed by atoms with E-state index < -0.39 is 6.10 Å². The summed E-state index contributed by atoms with van der Waals surface area (Å²) in [4.78, 5) is 0. The fourth-order valence-corrected chi connectivity index (χ4v) is 2.81. The van der Waals surface area contributed by atoms with Gasteiger partial charge < -0.3 is 5.11 Å². The normalized spacial score (nSPS) is 18.0. The molecule has 0 aromatic heterocycles. The number of rotatable bonds is 2. The molecule has 0 heterocycles. The van der Waals surface area contributed by atoms with Crippen LogP contribution in [0.4, 0.5) is 0 Å². The minimum absolute atomic E-state index is 0.487. The molecule has 0 unspecified atom stereocenters. The summed E-state index contributed by atoms with van der Waals surface area (Å²) in [5.74, 6) is 0. The van der Waals surface area contributed by atoms with E-state index in [-0.39, 0.29) is 0 Å². The minimum atomic E-state index is -0.487. The highest BCUT2D eigenvalue weighted by molar-refractivity contribution is 5.98. The zero-order chi connectivity index (χ0) is 12.5. The van der Waals surface area contributed by atoms with E-state index in [4.69, 9.17) is 0 Å². The number of fused-ring (bicyclic) bond motifs is 1. The molecular weight excluding hydrogens is 220 g/mol. The molecule has 18 heavy (non-hydrogen) atoms. The van der Waals surface area contributed by atoms with Crippen molar-refractivity contribution in [3.05, 3.63) is 71.3 Å². The van der Waals surface area contributed by atoms with Crippen LogP contribution < -0.4 is 0 Å². The van der Waals surface area contributed by atoms with Crippen LogP contribution in [0.15, 0.2) is 54.6 Å². The van der Waals surface area contributed by atoms with Crippen LogP contribution in [0.3, 0.4) is 0 Å². The van der Waals surface area contributed by atoms with Crippen LogP contribution in [-0.4, -0.2) is 5.11 Å². The second kappa shape index (κ2) is 4.43. The number of benzene rings is 2. The van der Waals surface area contributed by atoms with E-state index >= 15 is 0 Å². The summed E-state index contributed by atoms with van der Waals surface area (Å²) < 4.78 is 0. The number of aliphatic hydroxyl groups is 1. The van der Waals surface area contributed by atoms with E-state index in [9.17, 15) is 5.11 Å². The van der Waals surface area contributed by atoms with Crippen molar-refractivity contribution < 1.29 is 5.11 Å². The standard InChI is InChI=1S/C17H16O/c1-2-13-14-10-6-7-11-15(14)17(18)16(13)12-8-4-3-5-9-12/h3-11,17-18H,2H2,1H3/t17-/m1/s1. The van der Waals surface area contributed by atoms with Gasteiger partial charge in [-0.05, 0) is 34.3 Å². The highest BCUT2D eigenvalue weighted by atomic mass is 16.3. The van der Waals surface area contributed by atoms with E-state index in [1.54, 1.807) is 0 Å². The first-order valence-electron chi connectivity index (χ1n) is 6.38. The molecule has 0 spiro atoms. The molecule has 3 rings (SSSR count). The van der Waals surface area contributed by atoms with Crippen LogP contribution in [0.1, 0.15) is 36.1 Å². The molecule has 1 N–H and O–H groups in total. The molecule has 0 aliphatic heterocycles. The fourth-order valence-electron chi connectivity index (χ4n) is 2.81. The van der Waals surface area contributed by atoms with Crippen LogP contribution >= 0.6 is 0 Å². The number of hydrogen-bond donors (Lipinski definition) is 1. The van der Waals surface area contributed by atoms with Crippen molar-refractivity contribution in [2.24, 2.45) is 0 Å². The molecule has 2 aromatic carbocycles. The highest BCUT2D eigenvalue weighted by Gasteiger charge is 2.28. The van der Waals surface area contributed by atoms with Crippen LogP contribution in [-0.2, 0) is 0 Å². The Labute approximate surface area is 107 Å². The lowest BCUT2D eigenvalue weighted by molar-refractivity contribution is 0.241. The Hall–Kier alpha value is -1.86. The van der Waals surface area contributed by atoms with E-state index in [0.717, 1.165) is 23.1 Å². The molecule has 2 aromatic rings. The first-order chi connectivity index (χ1) is 8.83. The first-order valence-corrected chi connectivity index (χ1v) is 6.38. The Kier molecular flexibility index (Phi) is 2.77. The smallest absolute Gasteiger partial charge is 0.105 e. The van der Waals surface area contributed by atoms with Crippen molar-refractivity contribution in [2.75, 3.05) is 0 Å². The summed E-state index contributed by atoms with van der Waals surface area (Å²) in [5.41, 5.74) is 5.70. The first kappa shape index (κ1) is 11.2. The van der Waals surface area contributed by atoms with Crippen LogP contribution in [0.5, 0.6) is 0 Å². The summed E-state index contributed by atoms with van der Waals surface area (Å²) in [5, 5.41) is 10.5. The topological polar surface area (TPSA) is 20.2 Å². The number of allylic oxidation sites excluding steroid dienone is 1. The largest absolute Gasteiger partial charge is 0.384 e. The quantitative estimate of drug-likeness (QED) is 0.833. The van der Waals surface area contributed by atoms with Crippen molar-refractivity contribution in [1.29, 1.82) is 0 Å². The predicted octanol–water partition coefficient (Wildman–Crippen LogP) is 4.05. The van der Waals surface area contributed by atoms with Gasteiger partial charge in [-0.25, -0.2) is 0 Å². The van der Waals surface area contributed by atoms with Gasteiger partial charge in [-0.15, -0.1) is 0 Å². The van der Waals surface area contributed by atoms with Gasteiger partial charge in [0.25, 0.3) is 0 Å². The van der Waals surface area contributed by atoms with E-state index in [1.165, 1.54) is 11.1 Å². The zero-order valence-corrected chi connectivity index (χ0v) is 10.4. The average molecular weight is 236 g/mol. The zero-order valence-electron chi connectivity index (χ0n) is 10.4. The van der Waals surface area contributed by atoms with Gasteiger partial charge in [0.1, 0.15) is 6.10 Å². The predicted molar refractivity (Wildman–Crippen MR) is 74.9 cm³/mol. The van der Waals surface area contributed by atoms with Gasteiger partial charge in [0.05, 0.1) is 0 Å². The summed E-state index contributed by atoms with van der Waals surface area (Å²) in [6.45, 7) is 2.15. The molecule has 0 saturated heterocycles. The van der Waals surface area contributed by atoms with E-state index in [1.807, 2.05) is 36.4 Å². The molecule has 1 aliphatic carbocycles. The third-order valence-electron chi connectivity index (χ3n) is 3.62. The molecule has 0 bridgehead atoms. The maximum absolute atomic E-state index is 10.5. The Morgan fingerprint density at radius 3 is 2.33 bits per heavy atom. The van der Waals surface area contributed by atoms with Gasteiger partial charge in [-0.2, -0.15) is 0 Å². The second-order valence-electron chi connectivity index (χ2n) is 4.60. The van der Waals surface area contributed by atoms with Crippen molar-refractivity contribution in [2.45, 2.75) is 19.4 Å². The highest BCUT2D eigenvalue weighted by Crippen LogP contribution is 2.46. The lowest BCUT2D eigenvalue weighted by Gasteiger charge is -2.11. The van der Waals surface area contributed by atoms with Crippen LogP contribution in [0, 0.1) is 0 Å². The fraction of sp³-hybridized carbons (Fsp3) is 0.176. The Morgan fingerprint density at radius 2 is 1.61 bits per heavy atom. The van der Waals surface area contributed by atoms with Gasteiger partial charge in [-0.3, -0.25) is 0 Å². The third-order valence-corrected chi connectivity index (χ3v) is 3.62. The lowest BCUT2D eigenvalue weighted by Crippen LogP contribution is -1.96. The van der Waals surface area contributed by atoms with Crippen molar-refractivity contribution in [3.63, 3.8) is 0 Å². The number of hydrogen-bond acceptors (Lipinski definition) is 1. The molecule has 0 amide bonds. The Morgan fingerprint density at radius 1 is 0.944 bits per heavy atom. The summed E-state index contributed by atoms with van der Waals surface area (Å²) >= 11 is 0. The summed E-state index contributed by atoms with van der Waals surface area (Å²) in [6, 6.07) is 18.3. The van der Waals surface area contributed by atoms with Crippen LogP contribution in [0.2, 0.25) is 0 Å². The monoisotopic (exact) mass is 236 g/mol. The molecule has 1 heteroatoms. The van der Waals surface area contributed by atoms with E-state index in [2.05, 4.69) is 25.1 Å². The molecule has 1 atom stereocenters. The molecule has 1 aliphatic rings.